The van der Waals surface area contributed by atoms with Crippen LogP contribution in [-0.2, 0) is 9.84 Å². The molecule has 0 radical (unpaired) electrons. The summed E-state index contributed by atoms with van der Waals surface area (Å²) in [5.74, 6) is -0.443. The average molecular weight is 325 g/mol. The van der Waals surface area contributed by atoms with Gasteiger partial charge < -0.3 is 5.32 Å². The number of amides is 1. The van der Waals surface area contributed by atoms with E-state index in [1.54, 1.807) is 13.0 Å². The zero-order valence-electron chi connectivity index (χ0n) is 11.4. The monoisotopic (exact) mass is 324 g/mol. The number of rotatable bonds is 3. The third kappa shape index (κ3) is 3.59. The molecule has 1 N–H and O–H groups in total. The fourth-order valence-electron chi connectivity index (χ4n) is 1.70. The van der Waals surface area contributed by atoms with Crippen molar-refractivity contribution < 1.29 is 13.2 Å². The van der Waals surface area contributed by atoms with Crippen LogP contribution in [0.5, 0.6) is 0 Å². The number of nitrogens with one attached hydrogen (secondary N) is 1. The predicted octanol–water partition coefficient (Wildman–Crippen LogP) is 2.70. The number of benzene rings is 1. The van der Waals surface area contributed by atoms with Crippen molar-refractivity contribution in [2.75, 3.05) is 11.6 Å². The first-order chi connectivity index (χ1) is 9.79. The zero-order valence-corrected chi connectivity index (χ0v) is 13.0. The molecular weight excluding hydrogens is 312 g/mol. The van der Waals surface area contributed by atoms with Crippen molar-refractivity contribution in [3.63, 3.8) is 0 Å². The summed E-state index contributed by atoms with van der Waals surface area (Å²) in [5, 5.41) is 2.93. The zero-order chi connectivity index (χ0) is 15.6. The van der Waals surface area contributed by atoms with Gasteiger partial charge in [-0.15, -0.1) is 0 Å². The van der Waals surface area contributed by atoms with E-state index in [2.05, 4.69) is 10.3 Å². The molecule has 0 aliphatic carbocycles. The lowest BCUT2D eigenvalue weighted by Gasteiger charge is -2.10. The van der Waals surface area contributed by atoms with Crippen molar-refractivity contribution in [1.29, 1.82) is 0 Å². The van der Waals surface area contributed by atoms with Crippen molar-refractivity contribution in [2.45, 2.75) is 11.8 Å². The number of aromatic nitrogens is 1. The molecule has 1 aromatic carbocycles. The van der Waals surface area contributed by atoms with Gasteiger partial charge in [-0.3, -0.25) is 9.78 Å². The summed E-state index contributed by atoms with van der Waals surface area (Å²) in [4.78, 5) is 16.1. The van der Waals surface area contributed by atoms with E-state index in [0.29, 0.717) is 5.69 Å². The molecule has 0 saturated carbocycles. The van der Waals surface area contributed by atoms with Crippen LogP contribution in [0.1, 0.15) is 15.9 Å². The summed E-state index contributed by atoms with van der Waals surface area (Å²) in [6.07, 6.45) is 3.95. The van der Waals surface area contributed by atoms with E-state index in [-0.39, 0.29) is 15.5 Å². The van der Waals surface area contributed by atoms with Crippen molar-refractivity contribution in [2.24, 2.45) is 0 Å². The third-order valence-electron chi connectivity index (χ3n) is 2.90. The lowest BCUT2D eigenvalue weighted by atomic mass is 10.2. The molecule has 0 aliphatic rings. The van der Waals surface area contributed by atoms with Gasteiger partial charge in [-0.2, -0.15) is 0 Å². The average Bonchev–Trinajstić information content (AvgIpc) is 2.40. The molecule has 5 nitrogen and oxygen atoms in total. The summed E-state index contributed by atoms with van der Waals surface area (Å²) in [7, 11) is -3.34. The summed E-state index contributed by atoms with van der Waals surface area (Å²) < 4.78 is 23.1. The van der Waals surface area contributed by atoms with E-state index in [0.717, 1.165) is 11.8 Å². The number of hydrogen-bond donors (Lipinski definition) is 1. The quantitative estimate of drug-likeness (QED) is 0.941. The lowest BCUT2D eigenvalue weighted by Crippen LogP contribution is -2.14. The van der Waals surface area contributed by atoms with Gasteiger partial charge in [0.25, 0.3) is 5.91 Å². The molecule has 1 aromatic heterocycles. The van der Waals surface area contributed by atoms with E-state index in [4.69, 9.17) is 11.6 Å². The maximum Gasteiger partial charge on any atom is 0.258 e. The SMILES string of the molecule is Cc1ccc(S(C)(=O)=O)cc1NC(=O)c1cnccc1Cl. The molecule has 0 saturated heterocycles. The number of halogens is 1. The number of hydrogen-bond acceptors (Lipinski definition) is 4. The molecule has 0 fully saturated rings. The van der Waals surface area contributed by atoms with Crippen LogP contribution in [0.4, 0.5) is 5.69 Å². The second-order valence-electron chi connectivity index (χ2n) is 4.56. The summed E-state index contributed by atoms with van der Waals surface area (Å²) in [6.45, 7) is 1.77. The van der Waals surface area contributed by atoms with E-state index in [1.807, 2.05) is 0 Å². The van der Waals surface area contributed by atoms with Gasteiger partial charge in [0.1, 0.15) is 0 Å². The van der Waals surface area contributed by atoms with Crippen LogP contribution in [0.3, 0.4) is 0 Å². The molecule has 0 bridgehead atoms. The fraction of sp³-hybridized carbons (Fsp3) is 0.143. The number of anilines is 1. The largest absolute Gasteiger partial charge is 0.322 e. The molecule has 0 aliphatic heterocycles. The van der Waals surface area contributed by atoms with Crippen LogP contribution in [0.25, 0.3) is 0 Å². The maximum absolute atomic E-state index is 12.2. The van der Waals surface area contributed by atoms with Crippen molar-refractivity contribution in [3.8, 4) is 0 Å². The minimum atomic E-state index is -3.34. The highest BCUT2D eigenvalue weighted by Gasteiger charge is 2.14. The Hall–Kier alpha value is -1.92. The van der Waals surface area contributed by atoms with Crippen LogP contribution in [0.15, 0.2) is 41.6 Å². The van der Waals surface area contributed by atoms with Crippen LogP contribution < -0.4 is 5.32 Å². The minimum Gasteiger partial charge on any atom is -0.322 e. The number of carbonyl (C=O) groups excluding carboxylic acids is 1. The summed E-state index contributed by atoms with van der Waals surface area (Å²) in [6, 6.07) is 6.07. The van der Waals surface area contributed by atoms with Crippen LogP contribution in [0, 0.1) is 6.92 Å². The normalized spacial score (nSPS) is 11.2. The highest BCUT2D eigenvalue weighted by Crippen LogP contribution is 2.22. The third-order valence-corrected chi connectivity index (χ3v) is 4.34. The molecule has 0 atom stereocenters. The number of nitrogens with zero attached hydrogens (tertiary/aromatic N) is 1. The van der Waals surface area contributed by atoms with Gasteiger partial charge in [-0.05, 0) is 30.7 Å². The van der Waals surface area contributed by atoms with Crippen molar-refractivity contribution >= 4 is 33.0 Å². The first-order valence-electron chi connectivity index (χ1n) is 6.00. The molecule has 1 amide bonds. The number of carbonyl (C=O) groups is 1. The van der Waals surface area contributed by atoms with Gasteiger partial charge in [-0.1, -0.05) is 17.7 Å². The number of sulfone groups is 1. The Bertz CT molecular complexity index is 804. The minimum absolute atomic E-state index is 0.140. The van der Waals surface area contributed by atoms with Crippen LogP contribution in [0.2, 0.25) is 5.02 Å². The molecule has 0 spiro atoms. The molecule has 1 heterocycles. The topological polar surface area (TPSA) is 76.1 Å². The Morgan fingerprint density at radius 3 is 2.62 bits per heavy atom. The molecule has 110 valence electrons. The Morgan fingerprint density at radius 1 is 1.29 bits per heavy atom. The van der Waals surface area contributed by atoms with E-state index in [9.17, 15) is 13.2 Å². The van der Waals surface area contributed by atoms with E-state index >= 15 is 0 Å². The van der Waals surface area contributed by atoms with Gasteiger partial charge in [0.2, 0.25) is 0 Å². The maximum atomic E-state index is 12.2. The van der Waals surface area contributed by atoms with E-state index < -0.39 is 15.7 Å². The van der Waals surface area contributed by atoms with Crippen LogP contribution >= 0.6 is 11.6 Å². The summed E-state index contributed by atoms with van der Waals surface area (Å²) >= 11 is 5.93. The smallest absolute Gasteiger partial charge is 0.258 e. The first kappa shape index (κ1) is 15.5. The number of aryl methyl sites for hydroxylation is 1. The van der Waals surface area contributed by atoms with Gasteiger partial charge >= 0.3 is 0 Å². The predicted molar refractivity (Wildman–Crippen MR) is 81.5 cm³/mol. The van der Waals surface area contributed by atoms with Gasteiger partial charge in [0, 0.05) is 24.3 Å². The van der Waals surface area contributed by atoms with Crippen molar-refractivity contribution in [3.05, 3.63) is 52.8 Å². The molecule has 0 unspecified atom stereocenters. The van der Waals surface area contributed by atoms with Gasteiger partial charge in [0.15, 0.2) is 9.84 Å². The first-order valence-corrected chi connectivity index (χ1v) is 8.27. The van der Waals surface area contributed by atoms with Gasteiger partial charge in [0.05, 0.1) is 15.5 Å². The van der Waals surface area contributed by atoms with Crippen molar-refractivity contribution in [1.82, 2.24) is 4.98 Å². The van der Waals surface area contributed by atoms with Gasteiger partial charge in [-0.25, -0.2) is 8.42 Å². The Kier molecular flexibility index (Phi) is 4.29. The molecule has 7 heteroatoms. The second-order valence-corrected chi connectivity index (χ2v) is 6.98. The van der Waals surface area contributed by atoms with Crippen LogP contribution in [-0.4, -0.2) is 25.6 Å². The Morgan fingerprint density at radius 2 is 2.00 bits per heavy atom. The molecular formula is C14H13ClN2O3S. The molecule has 21 heavy (non-hydrogen) atoms. The highest BCUT2D eigenvalue weighted by molar-refractivity contribution is 7.90. The Labute approximate surface area is 127 Å². The fourth-order valence-corrected chi connectivity index (χ4v) is 2.54. The summed E-state index contributed by atoms with van der Waals surface area (Å²) in [5.41, 5.74) is 1.39. The lowest BCUT2D eigenvalue weighted by molar-refractivity contribution is 0.102. The highest BCUT2D eigenvalue weighted by atomic mass is 35.5. The number of pyridine rings is 1. The van der Waals surface area contributed by atoms with E-state index in [1.165, 1.54) is 30.6 Å². The Balaban J connectivity index is 2.36. The standard InChI is InChI=1S/C14H13ClN2O3S/c1-9-3-4-10(21(2,19)20)7-13(9)17-14(18)11-8-16-6-5-12(11)15/h3-8H,1-2H3,(H,17,18). The molecule has 2 aromatic rings. The second kappa shape index (κ2) is 5.83. The molecule has 2 rings (SSSR count).